The quantitative estimate of drug-likeness (QED) is 0.890. The number of carbonyl (C=O) groups is 2. The Labute approximate surface area is 151 Å². The lowest BCUT2D eigenvalue weighted by Gasteiger charge is -2.32. The van der Waals surface area contributed by atoms with Gasteiger partial charge in [-0.3, -0.25) is 9.59 Å². The molecular formula is C21H30N2O2. The van der Waals surface area contributed by atoms with Crippen molar-refractivity contribution in [3.05, 3.63) is 29.8 Å². The van der Waals surface area contributed by atoms with Crippen molar-refractivity contribution in [1.29, 1.82) is 0 Å². The van der Waals surface area contributed by atoms with Crippen LogP contribution in [0.3, 0.4) is 0 Å². The standard InChI is InChI=1S/C21H30N2O2/c1-15(2)11-13-22-20(24)17-8-4-5-9-18(17)21(25)23-14-12-16-7-3-6-10-19(16)23/h3,6-7,10,15,17-18H,4-5,8-9,11-14H2,1-2H3,(H,22,24). The molecule has 2 atom stereocenters. The number of hydrogen-bond donors (Lipinski definition) is 1. The highest BCUT2D eigenvalue weighted by atomic mass is 16.2. The molecule has 4 nitrogen and oxygen atoms in total. The number of benzene rings is 1. The van der Waals surface area contributed by atoms with E-state index in [2.05, 4.69) is 25.2 Å². The van der Waals surface area contributed by atoms with Crippen molar-refractivity contribution in [2.45, 2.75) is 52.4 Å². The highest BCUT2D eigenvalue weighted by molar-refractivity contribution is 5.99. The van der Waals surface area contributed by atoms with Crippen LogP contribution in [0.2, 0.25) is 0 Å². The third-order valence-corrected chi connectivity index (χ3v) is 5.59. The molecule has 1 aliphatic heterocycles. The molecule has 1 aliphatic carbocycles. The van der Waals surface area contributed by atoms with Gasteiger partial charge in [0.15, 0.2) is 0 Å². The molecule has 2 aliphatic rings. The van der Waals surface area contributed by atoms with Gasteiger partial charge in [0.1, 0.15) is 0 Å². The summed E-state index contributed by atoms with van der Waals surface area (Å²) in [7, 11) is 0. The van der Waals surface area contributed by atoms with E-state index in [0.717, 1.165) is 50.8 Å². The number of rotatable bonds is 5. The van der Waals surface area contributed by atoms with E-state index < -0.39 is 0 Å². The van der Waals surface area contributed by atoms with E-state index in [-0.39, 0.29) is 23.7 Å². The van der Waals surface area contributed by atoms with Crippen LogP contribution in [0.25, 0.3) is 0 Å². The normalized spacial score (nSPS) is 22.8. The Morgan fingerprint density at radius 1 is 1.16 bits per heavy atom. The molecule has 4 heteroatoms. The van der Waals surface area contributed by atoms with Gasteiger partial charge in [-0.05, 0) is 43.2 Å². The summed E-state index contributed by atoms with van der Waals surface area (Å²) in [5.41, 5.74) is 2.28. The average Bonchev–Trinajstić information content (AvgIpc) is 3.05. The van der Waals surface area contributed by atoms with Crippen molar-refractivity contribution in [3.8, 4) is 0 Å². The van der Waals surface area contributed by atoms with Crippen LogP contribution >= 0.6 is 0 Å². The molecule has 1 heterocycles. The second-order valence-electron chi connectivity index (χ2n) is 7.84. The molecule has 136 valence electrons. The molecule has 1 fully saturated rings. The Balaban J connectivity index is 1.68. The lowest BCUT2D eigenvalue weighted by Crippen LogP contribution is -2.45. The van der Waals surface area contributed by atoms with Crippen molar-refractivity contribution in [2.24, 2.45) is 17.8 Å². The van der Waals surface area contributed by atoms with Gasteiger partial charge in [0.2, 0.25) is 11.8 Å². The number of carbonyl (C=O) groups excluding carboxylic acids is 2. The van der Waals surface area contributed by atoms with Gasteiger partial charge >= 0.3 is 0 Å². The second-order valence-corrected chi connectivity index (χ2v) is 7.84. The van der Waals surface area contributed by atoms with Gasteiger partial charge < -0.3 is 10.2 Å². The summed E-state index contributed by atoms with van der Waals surface area (Å²) in [5, 5.41) is 3.07. The van der Waals surface area contributed by atoms with Crippen LogP contribution in [0.1, 0.15) is 51.5 Å². The van der Waals surface area contributed by atoms with Crippen LogP contribution in [0.4, 0.5) is 5.69 Å². The fourth-order valence-electron chi connectivity index (χ4n) is 4.12. The van der Waals surface area contributed by atoms with Crippen LogP contribution in [-0.2, 0) is 16.0 Å². The minimum atomic E-state index is -0.168. The first-order chi connectivity index (χ1) is 12.1. The van der Waals surface area contributed by atoms with Gasteiger partial charge in [-0.2, -0.15) is 0 Å². The van der Waals surface area contributed by atoms with E-state index in [0.29, 0.717) is 12.5 Å². The Kier molecular flexibility index (Phi) is 5.77. The van der Waals surface area contributed by atoms with E-state index >= 15 is 0 Å². The minimum absolute atomic E-state index is 0.0752. The monoisotopic (exact) mass is 342 g/mol. The molecule has 0 spiro atoms. The van der Waals surface area contributed by atoms with Gasteiger partial charge in [0.05, 0.1) is 5.92 Å². The molecule has 2 amide bonds. The molecule has 25 heavy (non-hydrogen) atoms. The van der Waals surface area contributed by atoms with Gasteiger partial charge in [0, 0.05) is 24.7 Å². The van der Waals surface area contributed by atoms with Crippen LogP contribution < -0.4 is 10.2 Å². The first kappa shape index (κ1) is 18.0. The van der Waals surface area contributed by atoms with Gasteiger partial charge in [-0.25, -0.2) is 0 Å². The number of nitrogens with one attached hydrogen (secondary N) is 1. The molecule has 1 aromatic rings. The number of para-hydroxylation sites is 1. The molecule has 0 saturated heterocycles. The molecule has 0 radical (unpaired) electrons. The van der Waals surface area contributed by atoms with Gasteiger partial charge in [0.25, 0.3) is 0 Å². The maximum Gasteiger partial charge on any atom is 0.230 e. The van der Waals surface area contributed by atoms with Crippen molar-refractivity contribution in [1.82, 2.24) is 5.32 Å². The SMILES string of the molecule is CC(C)CCNC(=O)C1CCCCC1C(=O)N1CCc2ccccc21. The van der Waals surface area contributed by atoms with E-state index in [4.69, 9.17) is 0 Å². The molecule has 1 aromatic carbocycles. The fraction of sp³-hybridized carbons (Fsp3) is 0.619. The summed E-state index contributed by atoms with van der Waals surface area (Å²) in [4.78, 5) is 27.8. The predicted octanol–water partition coefficient (Wildman–Crippen LogP) is 3.54. The summed E-state index contributed by atoms with van der Waals surface area (Å²) >= 11 is 0. The third-order valence-electron chi connectivity index (χ3n) is 5.59. The van der Waals surface area contributed by atoms with Gasteiger partial charge in [-0.1, -0.05) is 44.9 Å². The Morgan fingerprint density at radius 3 is 2.64 bits per heavy atom. The third kappa shape index (κ3) is 4.05. The molecular weight excluding hydrogens is 312 g/mol. The molecule has 3 rings (SSSR count). The van der Waals surface area contributed by atoms with Crippen LogP contribution in [0.5, 0.6) is 0 Å². The highest BCUT2D eigenvalue weighted by Gasteiger charge is 2.39. The van der Waals surface area contributed by atoms with Crippen LogP contribution in [0, 0.1) is 17.8 Å². The van der Waals surface area contributed by atoms with Crippen LogP contribution in [0.15, 0.2) is 24.3 Å². The molecule has 1 saturated carbocycles. The molecule has 0 bridgehead atoms. The predicted molar refractivity (Wildman–Crippen MR) is 100 cm³/mol. The minimum Gasteiger partial charge on any atom is -0.356 e. The van der Waals surface area contributed by atoms with E-state index in [9.17, 15) is 9.59 Å². The molecule has 0 aromatic heterocycles. The topological polar surface area (TPSA) is 49.4 Å². The first-order valence-electron chi connectivity index (χ1n) is 9.75. The molecule has 1 N–H and O–H groups in total. The summed E-state index contributed by atoms with van der Waals surface area (Å²) < 4.78 is 0. The average molecular weight is 342 g/mol. The lowest BCUT2D eigenvalue weighted by atomic mass is 9.77. The zero-order valence-corrected chi connectivity index (χ0v) is 15.5. The van der Waals surface area contributed by atoms with Crippen molar-refractivity contribution < 1.29 is 9.59 Å². The fourth-order valence-corrected chi connectivity index (χ4v) is 4.12. The number of amides is 2. The van der Waals surface area contributed by atoms with Crippen molar-refractivity contribution >= 4 is 17.5 Å². The van der Waals surface area contributed by atoms with E-state index in [1.165, 1.54) is 5.56 Å². The molecule has 2 unspecified atom stereocenters. The summed E-state index contributed by atoms with van der Waals surface area (Å²) in [6.07, 6.45) is 5.65. The smallest absolute Gasteiger partial charge is 0.230 e. The second kappa shape index (κ2) is 8.03. The maximum atomic E-state index is 13.2. The van der Waals surface area contributed by atoms with E-state index in [1.807, 2.05) is 23.1 Å². The lowest BCUT2D eigenvalue weighted by molar-refractivity contribution is -0.135. The number of fused-ring (bicyclic) bond motifs is 1. The summed E-state index contributed by atoms with van der Waals surface area (Å²) in [6.45, 7) is 5.77. The van der Waals surface area contributed by atoms with E-state index in [1.54, 1.807) is 0 Å². The summed E-state index contributed by atoms with van der Waals surface area (Å²) in [5.74, 6) is 0.463. The number of nitrogens with zero attached hydrogens (tertiary/aromatic N) is 1. The van der Waals surface area contributed by atoms with Gasteiger partial charge in [-0.15, -0.1) is 0 Å². The first-order valence-corrected chi connectivity index (χ1v) is 9.75. The maximum absolute atomic E-state index is 13.2. The Hall–Kier alpha value is -1.84. The zero-order valence-electron chi connectivity index (χ0n) is 15.5. The Morgan fingerprint density at radius 2 is 1.88 bits per heavy atom. The van der Waals surface area contributed by atoms with Crippen molar-refractivity contribution in [2.75, 3.05) is 18.0 Å². The zero-order chi connectivity index (χ0) is 17.8. The summed E-state index contributed by atoms with van der Waals surface area (Å²) in [6, 6.07) is 8.14. The number of anilines is 1. The largest absolute Gasteiger partial charge is 0.356 e. The van der Waals surface area contributed by atoms with Crippen molar-refractivity contribution in [3.63, 3.8) is 0 Å². The van der Waals surface area contributed by atoms with Crippen LogP contribution in [-0.4, -0.2) is 24.9 Å². The number of hydrogen-bond acceptors (Lipinski definition) is 2. The Bertz CT molecular complexity index is 626. The highest BCUT2D eigenvalue weighted by Crippen LogP contribution is 2.35.